The fourth-order valence-corrected chi connectivity index (χ4v) is 2.05. The van der Waals surface area contributed by atoms with Gasteiger partial charge in [0.1, 0.15) is 18.8 Å². The number of carboxylic acid groups (broad SMARTS) is 1. The number of aliphatic imine (C=N–C) groups is 1. The Hall–Kier alpha value is -3.76. The van der Waals surface area contributed by atoms with Crippen molar-refractivity contribution in [2.75, 3.05) is 11.9 Å². The number of rotatable bonds is 5. The lowest BCUT2D eigenvalue weighted by Gasteiger charge is -2.06. The molecule has 1 aliphatic heterocycles. The van der Waals surface area contributed by atoms with Crippen molar-refractivity contribution in [1.29, 1.82) is 0 Å². The van der Waals surface area contributed by atoms with E-state index in [2.05, 4.69) is 30.3 Å². The normalized spacial score (nSPS) is 12.5. The average molecular weight is 375 g/mol. The number of benzene rings is 1. The Bertz CT molecular complexity index is 929. The third-order valence-electron chi connectivity index (χ3n) is 3.25. The summed E-state index contributed by atoms with van der Waals surface area (Å²) in [6.45, 7) is 1.95. The van der Waals surface area contributed by atoms with Crippen molar-refractivity contribution >= 4 is 29.3 Å². The van der Waals surface area contributed by atoms with Crippen LogP contribution in [-0.2, 0) is 20.8 Å². The number of amides is 2. The van der Waals surface area contributed by atoms with Crippen LogP contribution < -0.4 is 16.4 Å². The summed E-state index contributed by atoms with van der Waals surface area (Å²) >= 11 is 0. The molecule has 2 heterocycles. The van der Waals surface area contributed by atoms with Crippen LogP contribution in [0.5, 0.6) is 0 Å². The first-order valence-corrected chi connectivity index (χ1v) is 7.79. The van der Waals surface area contributed by atoms with E-state index < -0.39 is 11.7 Å². The van der Waals surface area contributed by atoms with Gasteiger partial charge in [-0.05, 0) is 18.6 Å². The second kappa shape index (κ2) is 9.08. The first-order valence-electron chi connectivity index (χ1n) is 7.79. The number of amidine groups is 1. The minimum absolute atomic E-state index is 0.0277. The van der Waals surface area contributed by atoms with Gasteiger partial charge in [0.15, 0.2) is 5.82 Å². The SMILES string of the molecule is Cc1ccccc1NC(=O)Cc1noc(=O)[nH]1.O=C(O)CC1=NCC(=O)N1. The van der Waals surface area contributed by atoms with Crippen molar-refractivity contribution in [2.45, 2.75) is 19.8 Å². The fourth-order valence-electron chi connectivity index (χ4n) is 2.05. The van der Waals surface area contributed by atoms with Gasteiger partial charge < -0.3 is 15.7 Å². The summed E-state index contributed by atoms with van der Waals surface area (Å²) in [7, 11) is 0. The van der Waals surface area contributed by atoms with Gasteiger partial charge in [0.25, 0.3) is 0 Å². The van der Waals surface area contributed by atoms with E-state index in [0.29, 0.717) is 0 Å². The third-order valence-corrected chi connectivity index (χ3v) is 3.25. The van der Waals surface area contributed by atoms with Crippen molar-refractivity contribution in [3.05, 3.63) is 46.2 Å². The molecule has 11 nitrogen and oxygen atoms in total. The minimum Gasteiger partial charge on any atom is -0.481 e. The number of para-hydroxylation sites is 1. The first kappa shape index (κ1) is 19.6. The lowest BCUT2D eigenvalue weighted by Crippen LogP contribution is -2.26. The largest absolute Gasteiger partial charge is 0.481 e. The third kappa shape index (κ3) is 6.57. The summed E-state index contributed by atoms with van der Waals surface area (Å²) in [5.41, 5.74) is 1.71. The van der Waals surface area contributed by atoms with Gasteiger partial charge in [-0.3, -0.25) is 28.9 Å². The summed E-state index contributed by atoms with van der Waals surface area (Å²) in [5.74, 6) is -1.69. The highest BCUT2D eigenvalue weighted by molar-refractivity contribution is 6.09. The lowest BCUT2D eigenvalue weighted by molar-refractivity contribution is -0.135. The molecule has 0 saturated heterocycles. The fraction of sp³-hybridized carbons (Fsp3) is 0.250. The number of nitrogens with zero attached hydrogens (tertiary/aromatic N) is 2. The molecule has 4 N–H and O–H groups in total. The number of aryl methyl sites for hydroxylation is 1. The van der Waals surface area contributed by atoms with Gasteiger partial charge in [0.05, 0.1) is 6.42 Å². The number of aromatic amines is 1. The Kier molecular flexibility index (Phi) is 6.58. The van der Waals surface area contributed by atoms with Gasteiger partial charge in [-0.25, -0.2) is 4.79 Å². The molecule has 0 bridgehead atoms. The van der Waals surface area contributed by atoms with Crippen molar-refractivity contribution in [3.63, 3.8) is 0 Å². The quantitative estimate of drug-likeness (QED) is 0.563. The Morgan fingerprint density at radius 3 is 2.56 bits per heavy atom. The topological polar surface area (TPSA) is 167 Å². The zero-order valence-electron chi connectivity index (χ0n) is 14.3. The molecular formula is C16H17N5O6. The Balaban J connectivity index is 0.000000223. The number of carbonyl (C=O) groups excluding carboxylic acids is 2. The summed E-state index contributed by atoms with van der Waals surface area (Å²) in [6, 6.07) is 7.42. The van der Waals surface area contributed by atoms with E-state index in [1.165, 1.54) is 0 Å². The highest BCUT2D eigenvalue weighted by Gasteiger charge is 2.15. The summed E-state index contributed by atoms with van der Waals surface area (Å²) in [4.78, 5) is 48.7. The van der Waals surface area contributed by atoms with Crippen molar-refractivity contribution in [2.24, 2.45) is 4.99 Å². The van der Waals surface area contributed by atoms with Gasteiger partial charge in [-0.15, -0.1) is 0 Å². The van der Waals surface area contributed by atoms with Crippen LogP contribution in [-0.4, -0.2) is 45.4 Å². The molecule has 1 aliphatic rings. The maximum atomic E-state index is 11.6. The van der Waals surface area contributed by atoms with Crippen LogP contribution in [0.25, 0.3) is 0 Å². The summed E-state index contributed by atoms with van der Waals surface area (Å²) in [5, 5.41) is 16.7. The molecule has 0 radical (unpaired) electrons. The standard InChI is InChI=1S/C11H11N3O3.C5H6N2O3/c1-7-4-2-3-5-8(7)12-10(15)6-9-13-11(16)17-14-9;8-4-2-6-3(7-4)1-5(9)10/h2-5H,6H2,1H3,(H,12,15)(H,13,14,16);1-2H2,(H,9,10)(H,6,7,8). The molecule has 0 spiro atoms. The summed E-state index contributed by atoms with van der Waals surface area (Å²) < 4.78 is 4.30. The van der Waals surface area contributed by atoms with Crippen LogP contribution >= 0.6 is 0 Å². The van der Waals surface area contributed by atoms with E-state index in [4.69, 9.17) is 5.11 Å². The minimum atomic E-state index is -0.985. The van der Waals surface area contributed by atoms with E-state index in [9.17, 15) is 19.2 Å². The number of aromatic nitrogens is 2. The molecule has 11 heteroatoms. The first-order chi connectivity index (χ1) is 12.8. The predicted molar refractivity (Wildman–Crippen MR) is 93.3 cm³/mol. The Labute approximate surface area is 152 Å². The molecule has 142 valence electrons. The number of nitrogens with one attached hydrogen (secondary N) is 3. The summed E-state index contributed by atoms with van der Waals surface area (Å²) in [6.07, 6.45) is -0.230. The zero-order valence-corrected chi connectivity index (χ0v) is 14.3. The molecule has 1 aromatic heterocycles. The Morgan fingerprint density at radius 1 is 1.26 bits per heavy atom. The maximum absolute atomic E-state index is 11.6. The van der Waals surface area contributed by atoms with Gasteiger partial charge in [0.2, 0.25) is 11.8 Å². The average Bonchev–Trinajstić information content (AvgIpc) is 3.18. The number of aliphatic carboxylic acids is 1. The number of anilines is 1. The van der Waals surface area contributed by atoms with E-state index >= 15 is 0 Å². The van der Waals surface area contributed by atoms with Crippen molar-refractivity contribution in [1.82, 2.24) is 15.5 Å². The van der Waals surface area contributed by atoms with Crippen molar-refractivity contribution < 1.29 is 24.0 Å². The van der Waals surface area contributed by atoms with Crippen LogP contribution in [0.2, 0.25) is 0 Å². The lowest BCUT2D eigenvalue weighted by atomic mass is 10.2. The molecule has 0 saturated carbocycles. The molecule has 2 amide bonds. The highest BCUT2D eigenvalue weighted by atomic mass is 16.5. The van der Waals surface area contributed by atoms with Crippen LogP contribution in [0, 0.1) is 6.92 Å². The molecule has 3 rings (SSSR count). The number of carboxylic acids is 1. The van der Waals surface area contributed by atoms with Crippen LogP contribution in [0.1, 0.15) is 17.8 Å². The van der Waals surface area contributed by atoms with Gasteiger partial charge in [-0.1, -0.05) is 23.4 Å². The molecule has 1 aromatic carbocycles. The van der Waals surface area contributed by atoms with Gasteiger partial charge in [0, 0.05) is 5.69 Å². The maximum Gasteiger partial charge on any atom is 0.438 e. The monoisotopic (exact) mass is 375 g/mol. The second-order valence-corrected chi connectivity index (χ2v) is 5.46. The van der Waals surface area contributed by atoms with Crippen LogP contribution in [0.15, 0.2) is 38.6 Å². The van der Waals surface area contributed by atoms with Crippen molar-refractivity contribution in [3.8, 4) is 0 Å². The molecule has 2 aromatic rings. The van der Waals surface area contributed by atoms with E-state index in [1.807, 2.05) is 25.1 Å². The molecule has 0 fully saturated rings. The molecule has 0 unspecified atom stereocenters. The van der Waals surface area contributed by atoms with Crippen LogP contribution in [0.4, 0.5) is 5.69 Å². The smallest absolute Gasteiger partial charge is 0.438 e. The Morgan fingerprint density at radius 2 is 2.00 bits per heavy atom. The zero-order chi connectivity index (χ0) is 19.8. The van der Waals surface area contributed by atoms with E-state index in [1.54, 1.807) is 6.07 Å². The second-order valence-electron chi connectivity index (χ2n) is 5.46. The van der Waals surface area contributed by atoms with E-state index in [-0.39, 0.29) is 42.9 Å². The molecule has 27 heavy (non-hydrogen) atoms. The van der Waals surface area contributed by atoms with Crippen LogP contribution in [0.3, 0.4) is 0 Å². The van der Waals surface area contributed by atoms with E-state index in [0.717, 1.165) is 11.3 Å². The molecule has 0 atom stereocenters. The number of hydrogen-bond donors (Lipinski definition) is 4. The molecular weight excluding hydrogens is 358 g/mol. The highest BCUT2D eigenvalue weighted by Crippen LogP contribution is 2.13. The number of carbonyl (C=O) groups is 3. The number of hydrogen-bond acceptors (Lipinski definition) is 7. The van der Waals surface area contributed by atoms with Gasteiger partial charge in [-0.2, -0.15) is 0 Å². The van der Waals surface area contributed by atoms with Gasteiger partial charge >= 0.3 is 11.7 Å². The predicted octanol–water partition coefficient (Wildman–Crippen LogP) is -0.158. The molecule has 0 aliphatic carbocycles. The number of H-pyrrole nitrogens is 1.